The summed E-state index contributed by atoms with van der Waals surface area (Å²) in [6.07, 6.45) is 3.29. The second-order valence-corrected chi connectivity index (χ2v) is 8.24. The van der Waals surface area contributed by atoms with E-state index in [2.05, 4.69) is 15.1 Å². The Morgan fingerprint density at radius 3 is 2.74 bits per heavy atom. The third-order valence-electron chi connectivity index (χ3n) is 4.44. The molecule has 138 valence electrons. The van der Waals surface area contributed by atoms with E-state index in [0.29, 0.717) is 17.3 Å². The third-order valence-corrected chi connectivity index (χ3v) is 6.26. The number of benzene rings is 1. The van der Waals surface area contributed by atoms with Crippen molar-refractivity contribution in [1.29, 1.82) is 0 Å². The van der Waals surface area contributed by atoms with Crippen LogP contribution in [0.2, 0.25) is 0 Å². The number of pyridine rings is 1. The van der Waals surface area contributed by atoms with Crippen molar-refractivity contribution in [2.75, 3.05) is 13.1 Å². The fraction of sp³-hybridized carbons (Fsp3) is 0.222. The molecule has 1 aliphatic rings. The van der Waals surface area contributed by atoms with Crippen molar-refractivity contribution in [3.63, 3.8) is 0 Å². The molecular weight excluding hydrogens is 368 g/mol. The first-order valence-electron chi connectivity index (χ1n) is 8.30. The largest absolute Gasteiger partial charge is 0.339 e. The van der Waals surface area contributed by atoms with Crippen LogP contribution in [0.1, 0.15) is 29.1 Å². The number of carbonyl (C=O) groups excluding carboxylic acids is 1. The van der Waals surface area contributed by atoms with Crippen molar-refractivity contribution >= 4 is 15.8 Å². The Kier molecular flexibility index (Phi) is 4.33. The molecule has 3 aromatic rings. The Bertz CT molecular complexity index is 1090. The monoisotopic (exact) mass is 384 g/mol. The van der Waals surface area contributed by atoms with E-state index in [1.54, 1.807) is 30.6 Å². The minimum absolute atomic E-state index is 0.107. The van der Waals surface area contributed by atoms with Crippen molar-refractivity contribution in [1.82, 2.24) is 19.4 Å². The second kappa shape index (κ2) is 6.67. The molecule has 0 bridgehead atoms. The van der Waals surface area contributed by atoms with Crippen LogP contribution >= 0.6 is 0 Å². The molecule has 0 N–H and O–H groups in total. The molecule has 0 aliphatic carbocycles. The Labute approximate surface area is 155 Å². The molecule has 0 saturated carbocycles. The molecule has 27 heavy (non-hydrogen) atoms. The van der Waals surface area contributed by atoms with E-state index >= 15 is 0 Å². The first kappa shape index (κ1) is 17.5. The Morgan fingerprint density at radius 1 is 1.22 bits per heavy atom. The number of hydrogen-bond acceptors (Lipinski definition) is 7. The van der Waals surface area contributed by atoms with Crippen LogP contribution in [-0.4, -0.2) is 46.7 Å². The smallest absolute Gasteiger partial charge is 0.243 e. The van der Waals surface area contributed by atoms with Crippen LogP contribution in [-0.2, 0) is 10.0 Å². The molecular formula is C18H16N4O4S. The van der Waals surface area contributed by atoms with Crippen molar-refractivity contribution in [2.24, 2.45) is 0 Å². The number of carbonyl (C=O) groups is 1. The zero-order chi connectivity index (χ0) is 19.0. The van der Waals surface area contributed by atoms with Crippen molar-refractivity contribution < 1.29 is 17.7 Å². The number of sulfonamides is 1. The molecule has 8 nitrogen and oxygen atoms in total. The molecule has 0 spiro atoms. The summed E-state index contributed by atoms with van der Waals surface area (Å²) in [6, 6.07) is 9.65. The van der Waals surface area contributed by atoms with Gasteiger partial charge in [0, 0.05) is 36.6 Å². The summed E-state index contributed by atoms with van der Waals surface area (Å²) >= 11 is 0. The predicted molar refractivity (Wildman–Crippen MR) is 95.5 cm³/mol. The van der Waals surface area contributed by atoms with Crippen LogP contribution in [0, 0.1) is 0 Å². The third kappa shape index (κ3) is 3.26. The highest BCUT2D eigenvalue weighted by molar-refractivity contribution is 7.89. The van der Waals surface area contributed by atoms with Gasteiger partial charge in [0.1, 0.15) is 0 Å². The van der Waals surface area contributed by atoms with Gasteiger partial charge in [-0.25, -0.2) is 8.42 Å². The highest BCUT2D eigenvalue weighted by Gasteiger charge is 2.40. The van der Waals surface area contributed by atoms with Gasteiger partial charge >= 0.3 is 0 Å². The van der Waals surface area contributed by atoms with E-state index in [9.17, 15) is 13.2 Å². The summed E-state index contributed by atoms with van der Waals surface area (Å²) in [5.41, 5.74) is 1.10. The van der Waals surface area contributed by atoms with Crippen molar-refractivity contribution in [3.05, 3.63) is 60.2 Å². The number of aromatic nitrogens is 3. The quantitative estimate of drug-likeness (QED) is 0.620. The number of hydrogen-bond donors (Lipinski definition) is 0. The van der Waals surface area contributed by atoms with Crippen LogP contribution in [0.5, 0.6) is 0 Å². The molecule has 4 rings (SSSR count). The number of ketones is 1. The first-order chi connectivity index (χ1) is 12.9. The van der Waals surface area contributed by atoms with Gasteiger partial charge in [-0.3, -0.25) is 9.78 Å². The number of nitrogens with zero attached hydrogens (tertiary/aromatic N) is 4. The predicted octanol–water partition coefficient (Wildman–Crippen LogP) is 2.12. The van der Waals surface area contributed by atoms with E-state index in [-0.39, 0.29) is 29.7 Å². The molecule has 1 aliphatic heterocycles. The van der Waals surface area contributed by atoms with Gasteiger partial charge < -0.3 is 4.52 Å². The fourth-order valence-electron chi connectivity index (χ4n) is 2.83. The van der Waals surface area contributed by atoms with Crippen LogP contribution in [0.3, 0.4) is 0 Å². The SMILES string of the molecule is CC(=O)c1cccc(S(=O)(=O)N2CC(c3nc(-c4cccnc4)no3)C2)c1. The number of rotatable bonds is 5. The molecule has 0 atom stereocenters. The standard InChI is InChI=1S/C18H16N4O4S/c1-12(23)13-4-2-6-16(8-13)27(24,25)22-10-15(11-22)18-20-17(21-26-18)14-5-3-7-19-9-14/h2-9,15H,10-11H2,1H3. The lowest BCUT2D eigenvalue weighted by atomic mass is 10.0. The Balaban J connectivity index is 1.48. The molecule has 3 heterocycles. The van der Waals surface area contributed by atoms with Gasteiger partial charge in [0.15, 0.2) is 5.78 Å². The van der Waals surface area contributed by atoms with Gasteiger partial charge in [-0.1, -0.05) is 17.3 Å². The van der Waals surface area contributed by atoms with Gasteiger partial charge in [0.2, 0.25) is 21.7 Å². The topological polar surface area (TPSA) is 106 Å². The van der Waals surface area contributed by atoms with E-state index in [1.165, 1.54) is 23.4 Å². The lowest BCUT2D eigenvalue weighted by molar-refractivity contribution is 0.101. The molecule has 1 aromatic carbocycles. The van der Waals surface area contributed by atoms with Gasteiger partial charge in [-0.2, -0.15) is 9.29 Å². The minimum atomic E-state index is -3.66. The molecule has 1 fully saturated rings. The van der Waals surface area contributed by atoms with Crippen molar-refractivity contribution in [2.45, 2.75) is 17.7 Å². The average Bonchev–Trinajstić information content (AvgIpc) is 3.10. The Hall–Kier alpha value is -2.91. The number of Topliss-reactive ketones (excluding diaryl/α,β-unsaturated/α-hetero) is 1. The summed E-state index contributed by atoms with van der Waals surface area (Å²) in [5, 5.41) is 3.93. The van der Waals surface area contributed by atoms with Gasteiger partial charge in [0.05, 0.1) is 10.8 Å². The maximum Gasteiger partial charge on any atom is 0.243 e. The maximum absolute atomic E-state index is 12.7. The molecule has 1 saturated heterocycles. The molecule has 0 amide bonds. The van der Waals surface area contributed by atoms with Gasteiger partial charge in [-0.05, 0) is 31.2 Å². The van der Waals surface area contributed by atoms with Crippen molar-refractivity contribution in [3.8, 4) is 11.4 Å². The van der Waals surface area contributed by atoms with Gasteiger partial charge in [-0.15, -0.1) is 0 Å². The summed E-state index contributed by atoms with van der Waals surface area (Å²) in [7, 11) is -3.66. The summed E-state index contributed by atoms with van der Waals surface area (Å²) in [6.45, 7) is 1.91. The molecule has 0 radical (unpaired) electrons. The first-order valence-corrected chi connectivity index (χ1v) is 9.74. The highest BCUT2D eigenvalue weighted by atomic mass is 32.2. The molecule has 9 heteroatoms. The van der Waals surface area contributed by atoms with E-state index in [0.717, 1.165) is 5.56 Å². The van der Waals surface area contributed by atoms with E-state index < -0.39 is 10.0 Å². The van der Waals surface area contributed by atoms with Crippen LogP contribution in [0.25, 0.3) is 11.4 Å². The fourth-order valence-corrected chi connectivity index (χ4v) is 4.41. The van der Waals surface area contributed by atoms with E-state index in [4.69, 9.17) is 4.52 Å². The summed E-state index contributed by atoms with van der Waals surface area (Å²) in [5.74, 6) is 0.488. The maximum atomic E-state index is 12.7. The van der Waals surface area contributed by atoms with E-state index in [1.807, 2.05) is 6.07 Å². The highest BCUT2D eigenvalue weighted by Crippen LogP contribution is 2.32. The average molecular weight is 384 g/mol. The normalized spacial score (nSPS) is 15.4. The molecule has 2 aromatic heterocycles. The molecule has 0 unspecified atom stereocenters. The minimum Gasteiger partial charge on any atom is -0.339 e. The van der Waals surface area contributed by atoms with Gasteiger partial charge in [0.25, 0.3) is 0 Å². The lowest BCUT2D eigenvalue weighted by Gasteiger charge is -2.35. The Morgan fingerprint density at radius 2 is 2.04 bits per heavy atom. The summed E-state index contributed by atoms with van der Waals surface area (Å²) < 4.78 is 32.1. The zero-order valence-corrected chi connectivity index (χ0v) is 15.3. The van der Waals surface area contributed by atoms with Crippen LogP contribution < -0.4 is 0 Å². The van der Waals surface area contributed by atoms with Crippen LogP contribution in [0.15, 0.2) is 58.2 Å². The van der Waals surface area contributed by atoms with Crippen LogP contribution in [0.4, 0.5) is 0 Å². The zero-order valence-electron chi connectivity index (χ0n) is 14.4. The lowest BCUT2D eigenvalue weighted by Crippen LogP contribution is -2.48. The summed E-state index contributed by atoms with van der Waals surface area (Å²) in [4.78, 5) is 20.0. The second-order valence-electron chi connectivity index (χ2n) is 6.30.